The van der Waals surface area contributed by atoms with Gasteiger partial charge in [0.2, 0.25) is 11.9 Å². The minimum absolute atomic E-state index is 0.00862. The van der Waals surface area contributed by atoms with Crippen LogP contribution in [-0.2, 0) is 11.3 Å². The molecular formula is C30H38N6O2. The summed E-state index contributed by atoms with van der Waals surface area (Å²) >= 11 is 0. The summed E-state index contributed by atoms with van der Waals surface area (Å²) in [5, 5.41) is 3.11. The van der Waals surface area contributed by atoms with Crippen molar-refractivity contribution in [1.29, 1.82) is 0 Å². The number of amides is 2. The Balaban J connectivity index is 1.55. The summed E-state index contributed by atoms with van der Waals surface area (Å²) in [5.74, 6) is 0.356. The van der Waals surface area contributed by atoms with Crippen molar-refractivity contribution in [3.05, 3.63) is 65.0 Å². The predicted octanol–water partition coefficient (Wildman–Crippen LogP) is 5.03. The minimum Gasteiger partial charge on any atom is -0.337 e. The second-order valence-electron chi connectivity index (χ2n) is 10.6. The molecule has 2 aliphatic rings. The van der Waals surface area contributed by atoms with Gasteiger partial charge in [-0.15, -0.1) is 0 Å². The van der Waals surface area contributed by atoms with Crippen molar-refractivity contribution >= 4 is 28.8 Å². The van der Waals surface area contributed by atoms with Crippen molar-refractivity contribution in [1.82, 2.24) is 24.3 Å². The van der Waals surface area contributed by atoms with Gasteiger partial charge in [-0.25, -0.2) is 4.98 Å². The molecule has 2 aromatic heterocycles. The Hall–Kier alpha value is -3.52. The third-order valence-corrected chi connectivity index (χ3v) is 7.66. The molecular weight excluding hydrogens is 476 g/mol. The van der Waals surface area contributed by atoms with Crippen LogP contribution in [0.15, 0.2) is 42.6 Å². The largest absolute Gasteiger partial charge is 0.337 e. The number of carbonyl (C=O) groups excluding carboxylic acids is 2. The first-order valence-electron chi connectivity index (χ1n) is 13.8. The maximum Gasteiger partial charge on any atom is 0.258 e. The molecule has 2 amide bonds. The van der Waals surface area contributed by atoms with E-state index in [-0.39, 0.29) is 17.9 Å². The maximum atomic E-state index is 13.3. The Labute approximate surface area is 224 Å². The lowest BCUT2D eigenvalue weighted by Crippen LogP contribution is -2.34. The monoisotopic (exact) mass is 514 g/mol. The Morgan fingerprint density at radius 1 is 1.08 bits per heavy atom. The summed E-state index contributed by atoms with van der Waals surface area (Å²) < 4.78 is 2.18. The van der Waals surface area contributed by atoms with E-state index < -0.39 is 0 Å². The van der Waals surface area contributed by atoms with Crippen molar-refractivity contribution in [2.24, 2.45) is 0 Å². The maximum absolute atomic E-state index is 13.3. The normalized spacial score (nSPS) is 18.8. The number of allylic oxidation sites excluding steroid dienone is 1. The molecule has 1 atom stereocenters. The number of hydrogen-bond donors (Lipinski definition) is 1. The molecule has 0 bridgehead atoms. The fraction of sp³-hybridized carbons (Fsp3) is 0.467. The molecule has 3 aromatic rings. The molecule has 2 saturated heterocycles. The van der Waals surface area contributed by atoms with E-state index in [4.69, 9.17) is 4.98 Å². The van der Waals surface area contributed by atoms with Crippen molar-refractivity contribution in [2.75, 3.05) is 31.5 Å². The van der Waals surface area contributed by atoms with E-state index >= 15 is 0 Å². The van der Waals surface area contributed by atoms with E-state index in [1.807, 2.05) is 18.7 Å². The number of nitrogens with one attached hydrogen (secondary N) is 1. The number of benzene rings is 1. The highest BCUT2D eigenvalue weighted by Gasteiger charge is 2.28. The van der Waals surface area contributed by atoms with Crippen LogP contribution in [-0.4, -0.2) is 62.3 Å². The van der Waals surface area contributed by atoms with Gasteiger partial charge in [0.15, 0.2) is 0 Å². The zero-order chi connectivity index (χ0) is 26.6. The number of likely N-dealkylation sites (tertiary alicyclic amines) is 2. The minimum atomic E-state index is -0.211. The van der Waals surface area contributed by atoms with Gasteiger partial charge in [-0.05, 0) is 101 Å². The van der Waals surface area contributed by atoms with Crippen LogP contribution in [0.2, 0.25) is 0 Å². The molecule has 2 fully saturated rings. The van der Waals surface area contributed by atoms with Gasteiger partial charge >= 0.3 is 0 Å². The average Bonchev–Trinajstić information content (AvgIpc) is 3.45. The van der Waals surface area contributed by atoms with Gasteiger partial charge in [-0.1, -0.05) is 12.1 Å². The second-order valence-corrected chi connectivity index (χ2v) is 10.6. The third-order valence-electron chi connectivity index (χ3n) is 7.66. The number of pyridine rings is 1. The van der Waals surface area contributed by atoms with Gasteiger partial charge in [0.25, 0.3) is 5.91 Å². The number of aromatic nitrogens is 3. The molecule has 5 rings (SSSR count). The van der Waals surface area contributed by atoms with Gasteiger partial charge < -0.3 is 9.47 Å². The van der Waals surface area contributed by atoms with E-state index in [1.165, 1.54) is 18.4 Å². The molecule has 0 saturated carbocycles. The molecule has 0 radical (unpaired) electrons. The predicted molar refractivity (Wildman–Crippen MR) is 150 cm³/mol. The van der Waals surface area contributed by atoms with Crippen molar-refractivity contribution in [3.8, 4) is 0 Å². The van der Waals surface area contributed by atoms with Crippen LogP contribution >= 0.6 is 0 Å². The van der Waals surface area contributed by atoms with Crippen molar-refractivity contribution in [3.63, 3.8) is 0 Å². The summed E-state index contributed by atoms with van der Waals surface area (Å²) in [5.41, 5.74) is 5.64. The second kappa shape index (κ2) is 11.5. The quantitative estimate of drug-likeness (QED) is 0.467. The fourth-order valence-corrected chi connectivity index (χ4v) is 5.88. The standard InChI is InChI=1S/C30H38N6O2/c1-4-9-27(37)35-15-6-5-10-25(20-35)36-28-21(2)16-23(19-34-13-7-8-14-34)18-26(28)32-30(36)33-29(38)24-11-12-31-22(3)17-24/h4,9,11-12,16-18,25H,5-8,10,13-15,19-20H2,1-3H3,(H,32,33,38)/b9-4+/t25-/m1/s1. The van der Waals surface area contributed by atoms with Crippen LogP contribution in [0.25, 0.3) is 11.0 Å². The molecule has 0 spiro atoms. The number of imidazole rings is 1. The molecule has 4 heterocycles. The number of nitrogens with zero attached hydrogens (tertiary/aromatic N) is 5. The van der Waals surface area contributed by atoms with Gasteiger partial charge in [-0.2, -0.15) is 0 Å². The highest BCUT2D eigenvalue weighted by atomic mass is 16.2. The summed E-state index contributed by atoms with van der Waals surface area (Å²) in [7, 11) is 0. The number of carbonyl (C=O) groups is 2. The van der Waals surface area contributed by atoms with Crippen molar-refractivity contribution in [2.45, 2.75) is 65.5 Å². The summed E-state index contributed by atoms with van der Waals surface area (Å²) in [6.45, 7) is 10.4. The number of fused-ring (bicyclic) bond motifs is 1. The van der Waals surface area contributed by atoms with E-state index in [0.29, 0.717) is 18.1 Å². The Morgan fingerprint density at radius 3 is 2.63 bits per heavy atom. The van der Waals surface area contributed by atoms with Gasteiger partial charge in [0.05, 0.1) is 17.1 Å². The first-order chi connectivity index (χ1) is 18.4. The summed E-state index contributed by atoms with van der Waals surface area (Å²) in [4.78, 5) is 39.8. The topological polar surface area (TPSA) is 83.4 Å². The number of aryl methyl sites for hydroxylation is 2. The zero-order valence-electron chi connectivity index (χ0n) is 22.7. The lowest BCUT2D eigenvalue weighted by atomic mass is 10.1. The lowest BCUT2D eigenvalue weighted by Gasteiger charge is -2.26. The molecule has 1 N–H and O–H groups in total. The van der Waals surface area contributed by atoms with Crippen LogP contribution in [0, 0.1) is 13.8 Å². The lowest BCUT2D eigenvalue weighted by molar-refractivity contribution is -0.126. The van der Waals surface area contributed by atoms with Crippen LogP contribution < -0.4 is 5.32 Å². The van der Waals surface area contributed by atoms with Gasteiger partial charge in [0.1, 0.15) is 0 Å². The Morgan fingerprint density at radius 2 is 1.87 bits per heavy atom. The first-order valence-corrected chi connectivity index (χ1v) is 13.8. The Bertz CT molecular complexity index is 1350. The average molecular weight is 515 g/mol. The molecule has 0 aliphatic carbocycles. The molecule has 38 heavy (non-hydrogen) atoms. The SMILES string of the molecule is C/C=C/C(=O)N1CCCC[C@@H](n2c(NC(=O)c3ccnc(C)c3)nc3cc(CN4CCCC4)cc(C)c32)C1. The smallest absolute Gasteiger partial charge is 0.258 e. The number of rotatable bonds is 6. The van der Waals surface area contributed by atoms with Gasteiger partial charge in [-0.3, -0.25) is 24.8 Å². The van der Waals surface area contributed by atoms with E-state index in [0.717, 1.165) is 67.7 Å². The fourth-order valence-electron chi connectivity index (χ4n) is 5.88. The van der Waals surface area contributed by atoms with Crippen molar-refractivity contribution < 1.29 is 9.59 Å². The molecule has 0 unspecified atom stereocenters. The van der Waals surface area contributed by atoms with Crippen LogP contribution in [0.1, 0.15) is 72.2 Å². The third kappa shape index (κ3) is 5.65. The summed E-state index contributed by atoms with van der Waals surface area (Å²) in [6.07, 6.45) is 10.5. The molecule has 8 nitrogen and oxygen atoms in total. The van der Waals surface area contributed by atoms with Crippen LogP contribution in [0.3, 0.4) is 0 Å². The molecule has 200 valence electrons. The van der Waals surface area contributed by atoms with E-state index in [2.05, 4.69) is 38.8 Å². The molecule has 8 heteroatoms. The molecule has 2 aliphatic heterocycles. The first kappa shape index (κ1) is 26.1. The highest BCUT2D eigenvalue weighted by molar-refractivity contribution is 6.04. The Kier molecular flexibility index (Phi) is 7.88. The van der Waals surface area contributed by atoms with Gasteiger partial charge in [0, 0.05) is 37.1 Å². The summed E-state index contributed by atoms with van der Waals surface area (Å²) in [6, 6.07) is 7.94. The molecule has 1 aromatic carbocycles. The number of hydrogen-bond acceptors (Lipinski definition) is 5. The van der Waals surface area contributed by atoms with Crippen LogP contribution in [0.4, 0.5) is 5.95 Å². The highest BCUT2D eigenvalue weighted by Crippen LogP contribution is 2.33. The van der Waals surface area contributed by atoms with E-state index in [1.54, 1.807) is 30.5 Å². The van der Waals surface area contributed by atoms with E-state index in [9.17, 15) is 9.59 Å². The number of anilines is 1. The van der Waals surface area contributed by atoms with Crippen LogP contribution in [0.5, 0.6) is 0 Å². The zero-order valence-corrected chi connectivity index (χ0v) is 22.7.